The molecule has 1 aliphatic rings. The molecule has 0 saturated carbocycles. The molecule has 0 radical (unpaired) electrons. The largest absolute Gasteiger partial charge is 0.436 e. The maximum absolute atomic E-state index is 6.04. The summed E-state index contributed by atoms with van der Waals surface area (Å²) in [5, 5.41) is 2.47. The van der Waals surface area contributed by atoms with Crippen LogP contribution in [0.2, 0.25) is 0 Å². The van der Waals surface area contributed by atoms with Crippen molar-refractivity contribution < 1.29 is 4.42 Å². The van der Waals surface area contributed by atoms with Crippen molar-refractivity contribution in [3.05, 3.63) is 169 Å². The Morgan fingerprint density at radius 1 is 0.490 bits per heavy atom. The van der Waals surface area contributed by atoms with Crippen molar-refractivity contribution in [2.75, 3.05) is 0 Å². The van der Waals surface area contributed by atoms with E-state index in [1.807, 2.05) is 24.3 Å². The second kappa shape index (κ2) is 10.4. The molecule has 0 bridgehead atoms. The maximum Gasteiger partial charge on any atom is 0.227 e. The number of rotatable bonds is 4. The number of fused-ring (bicyclic) bond motifs is 7. The van der Waals surface area contributed by atoms with Gasteiger partial charge in [-0.2, -0.15) is 0 Å². The summed E-state index contributed by atoms with van der Waals surface area (Å²) < 4.78 is 8.42. The minimum absolute atomic E-state index is 0.0414. The van der Waals surface area contributed by atoms with Crippen LogP contribution in [0.3, 0.4) is 0 Å². The molecule has 1 aliphatic carbocycles. The molecule has 0 N–H and O–H groups in total. The van der Waals surface area contributed by atoms with Gasteiger partial charge in [-0.3, -0.25) is 0 Å². The summed E-state index contributed by atoms with van der Waals surface area (Å²) in [7, 11) is 0. The average molecular weight is 629 g/mol. The lowest BCUT2D eigenvalue weighted by atomic mass is 9.81. The summed E-state index contributed by atoms with van der Waals surface area (Å²) in [5.74, 6) is 0.639. The normalized spacial score (nSPS) is 13.3. The van der Waals surface area contributed by atoms with Crippen molar-refractivity contribution in [2.24, 2.45) is 0 Å². The first-order chi connectivity index (χ1) is 24.0. The molecule has 0 fully saturated rings. The molecule has 0 spiro atoms. The highest BCUT2D eigenvalue weighted by atomic mass is 16.3. The summed E-state index contributed by atoms with van der Waals surface area (Å²) in [6.45, 7) is 4.69. The van der Waals surface area contributed by atoms with E-state index in [0.29, 0.717) is 5.89 Å². The highest BCUT2D eigenvalue weighted by Gasteiger charge is 2.35. The monoisotopic (exact) mass is 628 g/mol. The van der Waals surface area contributed by atoms with Crippen LogP contribution < -0.4 is 0 Å². The van der Waals surface area contributed by atoms with Crippen molar-refractivity contribution in [2.45, 2.75) is 19.3 Å². The van der Waals surface area contributed by atoms with Gasteiger partial charge in [0.25, 0.3) is 0 Å². The summed E-state index contributed by atoms with van der Waals surface area (Å²) >= 11 is 0. The zero-order valence-electron chi connectivity index (χ0n) is 27.3. The quantitative estimate of drug-likeness (QED) is 0.194. The van der Waals surface area contributed by atoms with Crippen LogP contribution in [0.4, 0.5) is 0 Å². The van der Waals surface area contributed by atoms with E-state index in [0.717, 1.165) is 27.9 Å². The van der Waals surface area contributed by atoms with Gasteiger partial charge in [0.05, 0.1) is 11.0 Å². The molecule has 0 amide bonds. The fourth-order valence-corrected chi connectivity index (χ4v) is 7.92. The van der Waals surface area contributed by atoms with Crippen LogP contribution in [-0.4, -0.2) is 9.55 Å². The first-order valence-corrected chi connectivity index (χ1v) is 16.9. The number of oxazole rings is 1. The molecule has 9 aromatic rings. The van der Waals surface area contributed by atoms with Crippen molar-refractivity contribution >= 4 is 32.9 Å². The number of para-hydroxylation sites is 3. The molecular formula is C46H32N2O. The number of hydrogen-bond acceptors (Lipinski definition) is 2. The molecule has 0 saturated heterocycles. The van der Waals surface area contributed by atoms with Gasteiger partial charge >= 0.3 is 0 Å². The number of aromatic nitrogens is 2. The van der Waals surface area contributed by atoms with Crippen molar-refractivity contribution in [1.29, 1.82) is 0 Å². The SMILES string of the molecule is CC1(C)c2ccccc2-c2ccc(-c3ccc4c(c3)c3cc(-c5ccc(-c6nc7ccccc7o6)cc5)ccc3n4-c3ccccc3)cc21. The topological polar surface area (TPSA) is 31.0 Å². The van der Waals surface area contributed by atoms with E-state index in [1.54, 1.807) is 0 Å². The van der Waals surface area contributed by atoms with E-state index in [1.165, 1.54) is 60.8 Å². The van der Waals surface area contributed by atoms with Crippen LogP contribution in [0.1, 0.15) is 25.0 Å². The van der Waals surface area contributed by atoms with E-state index in [-0.39, 0.29) is 5.41 Å². The van der Waals surface area contributed by atoms with Crippen LogP contribution >= 0.6 is 0 Å². The van der Waals surface area contributed by atoms with Gasteiger partial charge in [0.2, 0.25) is 5.89 Å². The predicted octanol–water partition coefficient (Wildman–Crippen LogP) is 12.2. The van der Waals surface area contributed by atoms with Crippen LogP contribution in [0, 0.1) is 0 Å². The molecule has 7 aromatic carbocycles. The third-order valence-corrected chi connectivity index (χ3v) is 10.5. The molecule has 49 heavy (non-hydrogen) atoms. The lowest BCUT2D eigenvalue weighted by molar-refractivity contribution is 0.620. The van der Waals surface area contributed by atoms with Crippen LogP contribution in [-0.2, 0) is 5.41 Å². The zero-order valence-corrected chi connectivity index (χ0v) is 27.3. The number of hydrogen-bond donors (Lipinski definition) is 0. The Hall–Kier alpha value is -6.19. The van der Waals surface area contributed by atoms with Gasteiger partial charge in [0, 0.05) is 27.4 Å². The summed E-state index contributed by atoms with van der Waals surface area (Å²) in [6.07, 6.45) is 0. The minimum atomic E-state index is -0.0414. The van der Waals surface area contributed by atoms with Gasteiger partial charge in [-0.05, 0) is 111 Å². The third kappa shape index (κ3) is 4.25. The van der Waals surface area contributed by atoms with Crippen molar-refractivity contribution in [1.82, 2.24) is 9.55 Å². The van der Waals surface area contributed by atoms with Gasteiger partial charge in [-0.1, -0.05) is 105 Å². The zero-order chi connectivity index (χ0) is 32.7. The Bertz CT molecular complexity index is 2700. The molecule has 232 valence electrons. The summed E-state index contributed by atoms with van der Waals surface area (Å²) in [6, 6.07) is 56.7. The standard InChI is InChI=1S/C46H32N2O/c1-46(2)39-13-7-6-12-35(39)36-23-20-33(28-40(36)46)32-22-25-43-38(27-32)37-26-31(21-24-42(37)48(43)34-10-4-3-5-11-34)29-16-18-30(19-17-29)45-47-41-14-8-9-15-44(41)49-45/h3-28H,1-2H3. The van der Waals surface area contributed by atoms with Crippen LogP contribution in [0.25, 0.3) is 83.4 Å². The Kier molecular flexibility index (Phi) is 5.92. The molecule has 3 heteroatoms. The van der Waals surface area contributed by atoms with Crippen molar-refractivity contribution in [3.63, 3.8) is 0 Å². The molecule has 3 nitrogen and oxygen atoms in total. The fourth-order valence-electron chi connectivity index (χ4n) is 7.92. The first kappa shape index (κ1) is 27.9. The van der Waals surface area contributed by atoms with Gasteiger partial charge in [0.15, 0.2) is 5.58 Å². The van der Waals surface area contributed by atoms with Gasteiger partial charge in [0.1, 0.15) is 5.52 Å². The summed E-state index contributed by atoms with van der Waals surface area (Å²) in [5.41, 5.74) is 16.4. The van der Waals surface area contributed by atoms with Crippen molar-refractivity contribution in [3.8, 4) is 50.5 Å². The van der Waals surface area contributed by atoms with E-state index in [9.17, 15) is 0 Å². The van der Waals surface area contributed by atoms with Gasteiger partial charge in [-0.15, -0.1) is 0 Å². The molecule has 10 rings (SSSR count). The van der Waals surface area contributed by atoms with Crippen LogP contribution in [0.15, 0.2) is 162 Å². The van der Waals surface area contributed by atoms with E-state index >= 15 is 0 Å². The Morgan fingerprint density at radius 3 is 1.82 bits per heavy atom. The second-order valence-corrected chi connectivity index (χ2v) is 13.6. The minimum Gasteiger partial charge on any atom is -0.436 e. The lowest BCUT2D eigenvalue weighted by Gasteiger charge is -2.22. The molecule has 2 aromatic heterocycles. The van der Waals surface area contributed by atoms with E-state index in [4.69, 9.17) is 9.40 Å². The van der Waals surface area contributed by atoms with Crippen LogP contribution in [0.5, 0.6) is 0 Å². The molecule has 0 atom stereocenters. The maximum atomic E-state index is 6.04. The number of benzene rings is 7. The molecule has 0 unspecified atom stereocenters. The van der Waals surface area contributed by atoms with E-state index in [2.05, 4.69) is 152 Å². The Labute approximate surface area is 284 Å². The fraction of sp³-hybridized carbons (Fsp3) is 0.0652. The Morgan fingerprint density at radius 2 is 1.06 bits per heavy atom. The lowest BCUT2D eigenvalue weighted by Crippen LogP contribution is -2.14. The highest BCUT2D eigenvalue weighted by Crippen LogP contribution is 2.49. The van der Waals surface area contributed by atoms with E-state index < -0.39 is 0 Å². The predicted molar refractivity (Wildman–Crippen MR) is 202 cm³/mol. The first-order valence-electron chi connectivity index (χ1n) is 16.9. The van der Waals surface area contributed by atoms with Gasteiger partial charge < -0.3 is 8.98 Å². The smallest absolute Gasteiger partial charge is 0.227 e. The Balaban J connectivity index is 1.11. The number of nitrogens with zero attached hydrogens (tertiary/aromatic N) is 2. The highest BCUT2D eigenvalue weighted by molar-refractivity contribution is 6.11. The van der Waals surface area contributed by atoms with Gasteiger partial charge in [-0.25, -0.2) is 4.98 Å². The summed E-state index contributed by atoms with van der Waals surface area (Å²) in [4.78, 5) is 4.69. The second-order valence-electron chi connectivity index (χ2n) is 13.6. The molecule has 0 aliphatic heterocycles. The third-order valence-electron chi connectivity index (χ3n) is 10.5. The molecular weight excluding hydrogens is 597 g/mol. The average Bonchev–Trinajstić information content (AvgIpc) is 3.80. The molecule has 2 heterocycles.